The lowest BCUT2D eigenvalue weighted by Gasteiger charge is -2.09. The van der Waals surface area contributed by atoms with Crippen molar-refractivity contribution in [3.63, 3.8) is 0 Å². The van der Waals surface area contributed by atoms with Gasteiger partial charge >= 0.3 is 5.97 Å². The summed E-state index contributed by atoms with van der Waals surface area (Å²) in [7, 11) is 1.17. The molecule has 110 valence electrons. The van der Waals surface area contributed by atoms with E-state index in [2.05, 4.69) is 9.72 Å². The number of ether oxygens (including phenoxy) is 2. The number of hydrogen-bond acceptors (Lipinski definition) is 5. The minimum atomic E-state index is -0.767. The van der Waals surface area contributed by atoms with E-state index in [1.807, 2.05) is 0 Å². The van der Waals surface area contributed by atoms with Crippen molar-refractivity contribution < 1.29 is 23.8 Å². The number of rotatable bonds is 4. The summed E-state index contributed by atoms with van der Waals surface area (Å²) < 4.78 is 23.3. The minimum Gasteiger partial charge on any atom is -0.505 e. The van der Waals surface area contributed by atoms with Crippen LogP contribution in [-0.4, -0.2) is 23.2 Å². The zero-order chi connectivity index (χ0) is 15.4. The van der Waals surface area contributed by atoms with Gasteiger partial charge in [0.25, 0.3) is 0 Å². The van der Waals surface area contributed by atoms with Gasteiger partial charge in [-0.15, -0.1) is 0 Å². The molecule has 0 radical (unpaired) electrons. The van der Waals surface area contributed by atoms with E-state index in [9.17, 15) is 14.3 Å². The van der Waals surface area contributed by atoms with Gasteiger partial charge in [-0.1, -0.05) is 17.7 Å². The fourth-order valence-electron chi connectivity index (χ4n) is 1.59. The Morgan fingerprint density at radius 1 is 1.48 bits per heavy atom. The van der Waals surface area contributed by atoms with Gasteiger partial charge in [0, 0.05) is 11.6 Å². The molecule has 7 heteroatoms. The molecule has 0 aliphatic carbocycles. The zero-order valence-corrected chi connectivity index (χ0v) is 11.7. The lowest BCUT2D eigenvalue weighted by molar-refractivity contribution is 0.0590. The van der Waals surface area contributed by atoms with Crippen molar-refractivity contribution in [3.05, 3.63) is 52.6 Å². The van der Waals surface area contributed by atoms with Gasteiger partial charge in [0.2, 0.25) is 0 Å². The van der Waals surface area contributed by atoms with Gasteiger partial charge in [0.05, 0.1) is 18.3 Å². The Morgan fingerprint density at radius 2 is 2.24 bits per heavy atom. The molecule has 2 aromatic rings. The Balaban J connectivity index is 2.14. The van der Waals surface area contributed by atoms with E-state index in [0.717, 1.165) is 0 Å². The molecule has 0 fully saturated rings. The van der Waals surface area contributed by atoms with E-state index >= 15 is 0 Å². The summed E-state index contributed by atoms with van der Waals surface area (Å²) in [5.74, 6) is -1.49. The van der Waals surface area contributed by atoms with Gasteiger partial charge < -0.3 is 14.6 Å². The third-order valence-electron chi connectivity index (χ3n) is 2.67. The number of nitrogens with zero attached hydrogens (tertiary/aromatic N) is 1. The molecule has 5 nitrogen and oxygen atoms in total. The molecule has 21 heavy (non-hydrogen) atoms. The van der Waals surface area contributed by atoms with E-state index in [1.54, 1.807) is 6.07 Å². The third kappa shape index (κ3) is 3.41. The summed E-state index contributed by atoms with van der Waals surface area (Å²) >= 11 is 5.87. The predicted molar refractivity (Wildman–Crippen MR) is 73.0 cm³/mol. The predicted octanol–water partition coefficient (Wildman–Crippen LogP) is 2.95. The molecule has 0 saturated heterocycles. The summed E-state index contributed by atoms with van der Waals surface area (Å²) in [4.78, 5) is 15.0. The number of carbonyl (C=O) groups excluding carboxylic acids is 1. The van der Waals surface area contributed by atoms with Crippen LogP contribution < -0.4 is 4.74 Å². The summed E-state index contributed by atoms with van der Waals surface area (Å²) in [5.41, 5.74) is -0.0375. The Labute approximate surface area is 124 Å². The van der Waals surface area contributed by atoms with Crippen LogP contribution in [0.5, 0.6) is 11.5 Å². The molecule has 0 aliphatic rings. The van der Waals surface area contributed by atoms with Crippen LogP contribution in [0.1, 0.15) is 16.1 Å². The van der Waals surface area contributed by atoms with E-state index in [-0.39, 0.29) is 34.4 Å². The van der Waals surface area contributed by atoms with Crippen molar-refractivity contribution in [2.45, 2.75) is 6.61 Å². The first kappa shape index (κ1) is 15.1. The van der Waals surface area contributed by atoms with Gasteiger partial charge in [-0.25, -0.2) is 14.2 Å². The Kier molecular flexibility index (Phi) is 4.59. The smallest absolute Gasteiger partial charge is 0.360 e. The van der Waals surface area contributed by atoms with Crippen LogP contribution in [0.3, 0.4) is 0 Å². The number of halogens is 2. The average molecular weight is 312 g/mol. The van der Waals surface area contributed by atoms with Crippen LogP contribution in [0, 0.1) is 5.82 Å². The number of pyridine rings is 1. The maximum atomic E-state index is 13.6. The molecular formula is C14H11ClFNO4. The monoisotopic (exact) mass is 311 g/mol. The highest BCUT2D eigenvalue weighted by Gasteiger charge is 2.15. The van der Waals surface area contributed by atoms with Crippen LogP contribution in [-0.2, 0) is 11.3 Å². The Hall–Kier alpha value is -2.34. The van der Waals surface area contributed by atoms with Gasteiger partial charge in [0.1, 0.15) is 18.2 Å². The molecule has 0 saturated carbocycles. The lowest BCUT2D eigenvalue weighted by Crippen LogP contribution is -2.05. The number of aromatic hydroxyl groups is 1. The largest absolute Gasteiger partial charge is 0.505 e. The molecular weight excluding hydrogens is 301 g/mol. The van der Waals surface area contributed by atoms with Crippen molar-refractivity contribution >= 4 is 17.6 Å². The van der Waals surface area contributed by atoms with Gasteiger partial charge in [0.15, 0.2) is 11.4 Å². The fraction of sp³-hybridized carbons (Fsp3) is 0.143. The molecule has 2 rings (SSSR count). The van der Waals surface area contributed by atoms with E-state index in [0.29, 0.717) is 0 Å². The summed E-state index contributed by atoms with van der Waals surface area (Å²) in [6.07, 6.45) is 1.22. The molecule has 1 N–H and O–H groups in total. The Bertz CT molecular complexity index is 658. The molecule has 0 atom stereocenters. The van der Waals surface area contributed by atoms with Gasteiger partial charge in [-0.3, -0.25) is 0 Å². The maximum absolute atomic E-state index is 13.6. The first-order chi connectivity index (χ1) is 10.0. The summed E-state index contributed by atoms with van der Waals surface area (Å²) in [6, 6.07) is 5.48. The second-order valence-corrected chi connectivity index (χ2v) is 4.43. The zero-order valence-electron chi connectivity index (χ0n) is 11.0. The Morgan fingerprint density at radius 3 is 2.86 bits per heavy atom. The van der Waals surface area contributed by atoms with Crippen LogP contribution in [0.4, 0.5) is 4.39 Å². The normalized spacial score (nSPS) is 10.2. The van der Waals surface area contributed by atoms with Crippen LogP contribution in [0.25, 0.3) is 0 Å². The molecule has 0 unspecified atom stereocenters. The van der Waals surface area contributed by atoms with Crippen molar-refractivity contribution in [2.75, 3.05) is 7.11 Å². The van der Waals surface area contributed by atoms with E-state index in [1.165, 1.54) is 31.5 Å². The molecule has 1 heterocycles. The average Bonchev–Trinajstić information content (AvgIpc) is 2.46. The number of carbonyl (C=O) groups is 1. The highest BCUT2D eigenvalue weighted by Crippen LogP contribution is 2.24. The minimum absolute atomic E-state index is 0.135. The fourth-order valence-corrected chi connectivity index (χ4v) is 1.81. The molecule has 0 spiro atoms. The van der Waals surface area contributed by atoms with Crippen molar-refractivity contribution in [1.82, 2.24) is 4.98 Å². The first-order valence-corrected chi connectivity index (χ1v) is 6.23. The quantitative estimate of drug-likeness (QED) is 0.879. The summed E-state index contributed by atoms with van der Waals surface area (Å²) in [6.45, 7) is -0.135. The highest BCUT2D eigenvalue weighted by atomic mass is 35.5. The number of methoxy groups -OCH3 is 1. The van der Waals surface area contributed by atoms with E-state index < -0.39 is 11.8 Å². The van der Waals surface area contributed by atoms with E-state index in [4.69, 9.17) is 16.3 Å². The molecule has 0 bridgehead atoms. The molecule has 1 aromatic carbocycles. The van der Waals surface area contributed by atoms with Crippen molar-refractivity contribution in [3.8, 4) is 11.5 Å². The van der Waals surface area contributed by atoms with Crippen LogP contribution in [0.15, 0.2) is 30.5 Å². The SMILES string of the molecule is COC(=O)c1ncc(OCc2c(F)cccc2Cl)cc1O. The third-order valence-corrected chi connectivity index (χ3v) is 3.02. The standard InChI is InChI=1S/C14H11ClFNO4/c1-20-14(19)13-12(18)5-8(6-17-13)21-7-9-10(15)3-2-4-11(9)16/h2-6,18H,7H2,1H3. The van der Waals surface area contributed by atoms with Crippen LogP contribution in [0.2, 0.25) is 5.02 Å². The number of aromatic nitrogens is 1. The maximum Gasteiger partial charge on any atom is 0.360 e. The first-order valence-electron chi connectivity index (χ1n) is 5.86. The van der Waals surface area contributed by atoms with Crippen molar-refractivity contribution in [1.29, 1.82) is 0 Å². The molecule has 1 aromatic heterocycles. The van der Waals surface area contributed by atoms with Gasteiger partial charge in [-0.05, 0) is 12.1 Å². The lowest BCUT2D eigenvalue weighted by atomic mass is 10.2. The number of benzene rings is 1. The molecule has 0 amide bonds. The van der Waals surface area contributed by atoms with Gasteiger partial charge in [-0.2, -0.15) is 0 Å². The summed E-state index contributed by atoms with van der Waals surface area (Å²) in [5, 5.41) is 9.89. The highest BCUT2D eigenvalue weighted by molar-refractivity contribution is 6.31. The second kappa shape index (κ2) is 6.41. The number of hydrogen-bond donors (Lipinski definition) is 1. The van der Waals surface area contributed by atoms with Crippen molar-refractivity contribution in [2.24, 2.45) is 0 Å². The molecule has 0 aliphatic heterocycles. The second-order valence-electron chi connectivity index (χ2n) is 4.02. The number of esters is 1. The van der Waals surface area contributed by atoms with Crippen LogP contribution >= 0.6 is 11.6 Å². The topological polar surface area (TPSA) is 68.7 Å².